The Hall–Kier alpha value is -1.53. The van der Waals surface area contributed by atoms with Gasteiger partial charge in [-0.25, -0.2) is 0 Å². The van der Waals surface area contributed by atoms with Crippen LogP contribution >= 0.6 is 12.2 Å². The van der Waals surface area contributed by atoms with Crippen LogP contribution in [0.4, 0.5) is 5.69 Å². The van der Waals surface area contributed by atoms with Gasteiger partial charge in [-0.2, -0.15) is 0 Å². The second-order valence-corrected chi connectivity index (χ2v) is 6.40. The van der Waals surface area contributed by atoms with E-state index in [9.17, 15) is 0 Å². The van der Waals surface area contributed by atoms with Crippen molar-refractivity contribution in [2.75, 3.05) is 44.7 Å². The topological polar surface area (TPSA) is 45.8 Å². The number of benzene rings is 1. The van der Waals surface area contributed by atoms with E-state index in [1.54, 1.807) is 0 Å². The average Bonchev–Trinajstić information content (AvgIpc) is 2.59. The minimum atomic E-state index is 0.593. The molecule has 126 valence electrons. The molecular weight excluding hydrogens is 310 g/mol. The minimum absolute atomic E-state index is 0.593. The lowest BCUT2D eigenvalue weighted by Gasteiger charge is -2.26. The molecule has 0 radical (unpaired) electrons. The molecule has 0 aromatic heterocycles. The summed E-state index contributed by atoms with van der Waals surface area (Å²) in [6, 6.07) is 5.79. The zero-order valence-electron chi connectivity index (χ0n) is 13.5. The number of rotatable bonds is 5. The van der Waals surface area contributed by atoms with Gasteiger partial charge in [0, 0.05) is 18.3 Å². The summed E-state index contributed by atoms with van der Waals surface area (Å²) in [5.74, 6) is 1.57. The Morgan fingerprint density at radius 3 is 2.70 bits per heavy atom. The molecule has 0 spiro atoms. The predicted molar refractivity (Wildman–Crippen MR) is 96.6 cm³/mol. The van der Waals surface area contributed by atoms with Crippen molar-refractivity contribution < 1.29 is 9.47 Å². The van der Waals surface area contributed by atoms with Crippen molar-refractivity contribution in [2.45, 2.75) is 25.7 Å². The summed E-state index contributed by atoms with van der Waals surface area (Å²) < 4.78 is 11.1. The molecule has 0 amide bonds. The van der Waals surface area contributed by atoms with Gasteiger partial charge in [-0.05, 0) is 63.2 Å². The molecule has 1 aromatic carbocycles. The molecule has 0 saturated carbocycles. The molecule has 3 rings (SSSR count). The molecule has 1 aromatic rings. The number of hydrogen-bond acceptors (Lipinski definition) is 4. The maximum absolute atomic E-state index is 5.58. The van der Waals surface area contributed by atoms with Crippen LogP contribution in [0.3, 0.4) is 0 Å². The molecular formula is C17H25N3O2S. The zero-order chi connectivity index (χ0) is 15.9. The molecule has 6 heteroatoms. The molecule has 0 atom stereocenters. The van der Waals surface area contributed by atoms with Gasteiger partial charge in [-0.1, -0.05) is 6.42 Å². The Morgan fingerprint density at radius 2 is 1.87 bits per heavy atom. The summed E-state index contributed by atoms with van der Waals surface area (Å²) in [7, 11) is 0. The van der Waals surface area contributed by atoms with Gasteiger partial charge in [0.15, 0.2) is 16.6 Å². The van der Waals surface area contributed by atoms with E-state index in [1.165, 1.54) is 32.4 Å². The van der Waals surface area contributed by atoms with Crippen LogP contribution in [0.15, 0.2) is 18.2 Å². The number of likely N-dealkylation sites (tertiary alicyclic amines) is 1. The minimum Gasteiger partial charge on any atom is -0.486 e. The lowest BCUT2D eigenvalue weighted by molar-refractivity contribution is 0.171. The molecule has 2 aliphatic heterocycles. The highest BCUT2D eigenvalue weighted by atomic mass is 32.1. The van der Waals surface area contributed by atoms with Gasteiger partial charge in [0.05, 0.1) is 0 Å². The van der Waals surface area contributed by atoms with Gasteiger partial charge in [0.1, 0.15) is 13.2 Å². The first kappa shape index (κ1) is 16.3. The molecule has 2 heterocycles. The Balaban J connectivity index is 1.37. The third kappa shape index (κ3) is 4.97. The molecule has 23 heavy (non-hydrogen) atoms. The number of ether oxygens (including phenoxy) is 2. The lowest BCUT2D eigenvalue weighted by Crippen LogP contribution is -2.34. The number of hydrogen-bond donors (Lipinski definition) is 2. The highest BCUT2D eigenvalue weighted by molar-refractivity contribution is 7.80. The molecule has 0 aliphatic carbocycles. The zero-order valence-corrected chi connectivity index (χ0v) is 14.3. The largest absolute Gasteiger partial charge is 0.486 e. The number of piperidine rings is 1. The third-order valence-electron chi connectivity index (χ3n) is 4.19. The first-order valence-corrected chi connectivity index (χ1v) is 8.89. The molecule has 0 unspecified atom stereocenters. The van der Waals surface area contributed by atoms with Gasteiger partial charge in [-0.15, -0.1) is 0 Å². The Morgan fingerprint density at radius 1 is 1.09 bits per heavy atom. The monoisotopic (exact) mass is 335 g/mol. The number of fused-ring (bicyclic) bond motifs is 1. The van der Waals surface area contributed by atoms with Crippen molar-refractivity contribution in [3.8, 4) is 11.5 Å². The van der Waals surface area contributed by atoms with Crippen molar-refractivity contribution in [2.24, 2.45) is 0 Å². The number of nitrogens with zero attached hydrogens (tertiary/aromatic N) is 1. The van der Waals surface area contributed by atoms with E-state index in [2.05, 4.69) is 15.5 Å². The molecule has 1 fully saturated rings. The smallest absolute Gasteiger partial charge is 0.170 e. The number of anilines is 1. The fraction of sp³-hybridized carbons (Fsp3) is 0.588. The summed E-state index contributed by atoms with van der Waals surface area (Å²) in [5, 5.41) is 7.13. The molecule has 2 N–H and O–H groups in total. The Kier molecular flexibility index (Phi) is 5.93. The van der Waals surface area contributed by atoms with E-state index >= 15 is 0 Å². The number of nitrogens with one attached hydrogen (secondary N) is 2. The van der Waals surface area contributed by atoms with Crippen LogP contribution in [-0.2, 0) is 0 Å². The quantitative estimate of drug-likeness (QED) is 0.637. The summed E-state index contributed by atoms with van der Waals surface area (Å²) >= 11 is 5.35. The lowest BCUT2D eigenvalue weighted by atomic mass is 10.1. The first-order chi connectivity index (χ1) is 11.3. The first-order valence-electron chi connectivity index (χ1n) is 8.48. The van der Waals surface area contributed by atoms with Gasteiger partial charge in [0.2, 0.25) is 0 Å². The van der Waals surface area contributed by atoms with E-state index < -0.39 is 0 Å². The second-order valence-electron chi connectivity index (χ2n) is 6.00. The summed E-state index contributed by atoms with van der Waals surface area (Å²) in [5.41, 5.74) is 0.919. The standard InChI is InChI=1S/C17H25N3O2S/c23-17(18-7-4-10-20-8-2-1-3-9-20)19-14-5-6-15-16(13-14)22-12-11-21-15/h5-6,13H,1-4,7-12H2,(H2,18,19,23). The van der Waals surface area contributed by atoms with Gasteiger partial charge in [0.25, 0.3) is 0 Å². The molecule has 2 aliphatic rings. The Bertz CT molecular complexity index is 533. The fourth-order valence-corrected chi connectivity index (χ4v) is 3.20. The van der Waals surface area contributed by atoms with Gasteiger partial charge in [-0.3, -0.25) is 0 Å². The van der Waals surface area contributed by atoms with E-state index in [0.29, 0.717) is 18.3 Å². The van der Waals surface area contributed by atoms with Crippen LogP contribution in [0, 0.1) is 0 Å². The van der Waals surface area contributed by atoms with E-state index in [-0.39, 0.29) is 0 Å². The molecule has 1 saturated heterocycles. The van der Waals surface area contributed by atoms with Gasteiger partial charge < -0.3 is 25.0 Å². The maximum Gasteiger partial charge on any atom is 0.170 e. The van der Waals surface area contributed by atoms with E-state index in [0.717, 1.165) is 36.7 Å². The van der Waals surface area contributed by atoms with Crippen LogP contribution in [0.2, 0.25) is 0 Å². The van der Waals surface area contributed by atoms with Crippen molar-refractivity contribution in [1.29, 1.82) is 0 Å². The van der Waals surface area contributed by atoms with Crippen LogP contribution < -0.4 is 20.1 Å². The van der Waals surface area contributed by atoms with E-state index in [4.69, 9.17) is 21.7 Å². The van der Waals surface area contributed by atoms with Crippen LogP contribution in [-0.4, -0.2) is 49.4 Å². The highest BCUT2D eigenvalue weighted by Gasteiger charge is 2.12. The predicted octanol–water partition coefficient (Wildman–Crippen LogP) is 2.62. The van der Waals surface area contributed by atoms with Crippen molar-refractivity contribution >= 4 is 23.0 Å². The van der Waals surface area contributed by atoms with Crippen molar-refractivity contribution in [1.82, 2.24) is 10.2 Å². The Labute approximate surface area is 143 Å². The summed E-state index contributed by atoms with van der Waals surface area (Å²) in [6.07, 6.45) is 5.19. The molecule has 5 nitrogen and oxygen atoms in total. The van der Waals surface area contributed by atoms with Crippen LogP contribution in [0.25, 0.3) is 0 Å². The molecule has 0 bridgehead atoms. The van der Waals surface area contributed by atoms with Crippen LogP contribution in [0.1, 0.15) is 25.7 Å². The SMILES string of the molecule is S=C(NCCCN1CCCCC1)Nc1ccc2c(c1)OCCO2. The average molecular weight is 335 g/mol. The van der Waals surface area contributed by atoms with Crippen molar-refractivity contribution in [3.63, 3.8) is 0 Å². The summed E-state index contributed by atoms with van der Waals surface area (Å²) in [4.78, 5) is 2.54. The van der Waals surface area contributed by atoms with Gasteiger partial charge >= 0.3 is 0 Å². The van der Waals surface area contributed by atoms with Crippen molar-refractivity contribution in [3.05, 3.63) is 18.2 Å². The highest BCUT2D eigenvalue weighted by Crippen LogP contribution is 2.32. The maximum atomic E-state index is 5.58. The third-order valence-corrected chi connectivity index (χ3v) is 4.43. The number of thiocarbonyl (C=S) groups is 1. The fourth-order valence-electron chi connectivity index (χ4n) is 2.98. The normalized spacial score (nSPS) is 17.6. The van der Waals surface area contributed by atoms with Crippen LogP contribution in [0.5, 0.6) is 11.5 Å². The van der Waals surface area contributed by atoms with E-state index in [1.807, 2.05) is 18.2 Å². The second kappa shape index (κ2) is 8.36. The summed E-state index contributed by atoms with van der Waals surface area (Å²) in [6.45, 7) is 5.75.